The van der Waals surface area contributed by atoms with Crippen LogP contribution in [0, 0.1) is 5.82 Å². The van der Waals surface area contributed by atoms with Crippen molar-refractivity contribution in [2.75, 3.05) is 29.5 Å². The lowest BCUT2D eigenvalue weighted by molar-refractivity contribution is 0.275. The van der Waals surface area contributed by atoms with Crippen LogP contribution >= 0.6 is 0 Å². The maximum Gasteiger partial charge on any atom is 0.171 e. The van der Waals surface area contributed by atoms with Crippen LogP contribution in [0.4, 0.5) is 10.2 Å². The molecule has 2 rings (SSSR count). The first kappa shape index (κ1) is 13.2. The van der Waals surface area contributed by atoms with Crippen molar-refractivity contribution in [1.82, 2.24) is 4.98 Å². The van der Waals surface area contributed by atoms with Crippen LogP contribution < -0.4 is 4.90 Å². The molecule has 1 aliphatic rings. The number of hydrogen-bond acceptors (Lipinski definition) is 5. The van der Waals surface area contributed by atoms with Crippen molar-refractivity contribution in [3.63, 3.8) is 0 Å². The van der Waals surface area contributed by atoms with Gasteiger partial charge in [-0.15, -0.1) is 0 Å². The van der Waals surface area contributed by atoms with E-state index < -0.39 is 22.3 Å². The lowest BCUT2D eigenvalue weighted by atomic mass is 10.2. The fraction of sp³-hybridized carbons (Fsp3) is 0.545. The van der Waals surface area contributed by atoms with Crippen molar-refractivity contribution in [3.8, 4) is 0 Å². The number of pyridine rings is 1. The number of nitrogens with zero attached hydrogens (tertiary/aromatic N) is 2. The molecule has 0 aliphatic carbocycles. The first-order chi connectivity index (χ1) is 8.53. The fourth-order valence-electron chi connectivity index (χ4n) is 1.96. The number of anilines is 1. The Bertz CT molecular complexity index is 533. The van der Waals surface area contributed by atoms with Gasteiger partial charge in [-0.05, 0) is 12.5 Å². The minimum atomic E-state index is -3.03. The van der Waals surface area contributed by atoms with E-state index in [1.54, 1.807) is 4.90 Å². The SMILES string of the molecule is O=S1(=O)CCCN(c2nccc(CO)c2F)CC1. The molecule has 7 heteroatoms. The van der Waals surface area contributed by atoms with E-state index in [1.165, 1.54) is 12.3 Å². The van der Waals surface area contributed by atoms with E-state index in [9.17, 15) is 12.8 Å². The molecule has 0 saturated carbocycles. The van der Waals surface area contributed by atoms with Gasteiger partial charge in [0.15, 0.2) is 21.5 Å². The highest BCUT2D eigenvalue weighted by molar-refractivity contribution is 7.91. The standard InChI is InChI=1S/C11H15FN2O3S/c12-10-9(8-15)2-3-13-11(10)14-4-1-6-18(16,17)7-5-14/h2-3,15H,1,4-8H2. The summed E-state index contributed by atoms with van der Waals surface area (Å²) in [7, 11) is -3.03. The average molecular weight is 274 g/mol. The molecule has 0 amide bonds. The predicted molar refractivity (Wildman–Crippen MR) is 65.6 cm³/mol. The predicted octanol–water partition coefficient (Wildman–Crippen LogP) is 0.338. The first-order valence-corrected chi connectivity index (χ1v) is 7.55. The normalized spacial score (nSPS) is 19.6. The van der Waals surface area contributed by atoms with Gasteiger partial charge in [0.1, 0.15) is 0 Å². The van der Waals surface area contributed by atoms with Crippen LogP contribution in [-0.4, -0.2) is 43.1 Å². The van der Waals surface area contributed by atoms with Gasteiger partial charge in [-0.25, -0.2) is 17.8 Å². The third kappa shape index (κ3) is 2.78. The average Bonchev–Trinajstić information content (AvgIpc) is 2.51. The van der Waals surface area contributed by atoms with E-state index in [0.717, 1.165) is 0 Å². The molecule has 0 bridgehead atoms. The lowest BCUT2D eigenvalue weighted by Crippen LogP contribution is -2.28. The van der Waals surface area contributed by atoms with Crippen molar-refractivity contribution in [2.24, 2.45) is 0 Å². The van der Waals surface area contributed by atoms with Gasteiger partial charge >= 0.3 is 0 Å². The number of sulfone groups is 1. The summed E-state index contributed by atoms with van der Waals surface area (Å²) in [5.74, 6) is -0.305. The van der Waals surface area contributed by atoms with E-state index in [2.05, 4.69) is 4.98 Å². The third-order valence-corrected chi connectivity index (χ3v) is 4.69. The molecule has 2 heterocycles. The Hall–Kier alpha value is -1.21. The van der Waals surface area contributed by atoms with Crippen LogP contribution in [0.25, 0.3) is 0 Å². The second-order valence-corrected chi connectivity index (χ2v) is 6.56. The number of aliphatic hydroxyl groups excluding tert-OH is 1. The maximum atomic E-state index is 14.0. The molecule has 1 fully saturated rings. The highest BCUT2D eigenvalue weighted by atomic mass is 32.2. The zero-order chi connectivity index (χ0) is 13.2. The summed E-state index contributed by atoms with van der Waals surface area (Å²) in [6.07, 6.45) is 1.89. The van der Waals surface area contributed by atoms with Gasteiger partial charge in [-0.2, -0.15) is 0 Å². The summed E-state index contributed by atoms with van der Waals surface area (Å²) >= 11 is 0. The van der Waals surface area contributed by atoms with Crippen LogP contribution in [0.2, 0.25) is 0 Å². The van der Waals surface area contributed by atoms with Crippen LogP contribution in [0.15, 0.2) is 12.3 Å². The van der Waals surface area contributed by atoms with Crippen molar-refractivity contribution in [3.05, 3.63) is 23.6 Å². The molecular formula is C11H15FN2O3S. The number of rotatable bonds is 2. The van der Waals surface area contributed by atoms with E-state index in [0.29, 0.717) is 13.0 Å². The minimum absolute atomic E-state index is 0.0114. The maximum absolute atomic E-state index is 14.0. The van der Waals surface area contributed by atoms with Crippen molar-refractivity contribution < 1.29 is 17.9 Å². The number of aliphatic hydroxyl groups is 1. The number of hydrogen-bond donors (Lipinski definition) is 1. The molecule has 1 N–H and O–H groups in total. The zero-order valence-corrected chi connectivity index (χ0v) is 10.7. The first-order valence-electron chi connectivity index (χ1n) is 5.73. The molecular weight excluding hydrogens is 259 g/mol. The summed E-state index contributed by atoms with van der Waals surface area (Å²) in [4.78, 5) is 5.57. The Balaban J connectivity index is 2.26. The van der Waals surface area contributed by atoms with Gasteiger partial charge in [-0.1, -0.05) is 0 Å². The van der Waals surface area contributed by atoms with Gasteiger partial charge in [0, 0.05) is 24.8 Å². The molecule has 0 unspecified atom stereocenters. The van der Waals surface area contributed by atoms with E-state index in [4.69, 9.17) is 5.11 Å². The molecule has 100 valence electrons. The van der Waals surface area contributed by atoms with Crippen molar-refractivity contribution in [2.45, 2.75) is 13.0 Å². The molecule has 0 atom stereocenters. The minimum Gasteiger partial charge on any atom is -0.392 e. The van der Waals surface area contributed by atoms with Crippen molar-refractivity contribution in [1.29, 1.82) is 0 Å². The lowest BCUT2D eigenvalue weighted by Gasteiger charge is -2.21. The molecule has 1 aliphatic heterocycles. The zero-order valence-electron chi connectivity index (χ0n) is 9.84. The highest BCUT2D eigenvalue weighted by Crippen LogP contribution is 2.21. The fourth-order valence-corrected chi connectivity index (χ4v) is 3.24. The van der Waals surface area contributed by atoms with Crippen LogP contribution in [-0.2, 0) is 16.4 Å². The Morgan fingerprint density at radius 2 is 2.17 bits per heavy atom. The van der Waals surface area contributed by atoms with Crippen LogP contribution in [0.1, 0.15) is 12.0 Å². The van der Waals surface area contributed by atoms with Gasteiger partial charge in [0.2, 0.25) is 0 Å². The molecule has 1 saturated heterocycles. The summed E-state index contributed by atoms with van der Waals surface area (Å²) in [6.45, 7) is 0.298. The number of aromatic nitrogens is 1. The van der Waals surface area contributed by atoms with Gasteiger partial charge < -0.3 is 10.0 Å². The number of halogens is 1. The topological polar surface area (TPSA) is 70.5 Å². The second kappa shape index (κ2) is 5.19. The summed E-state index contributed by atoms with van der Waals surface area (Å²) < 4.78 is 36.9. The van der Waals surface area contributed by atoms with Gasteiger partial charge in [-0.3, -0.25) is 0 Å². The summed E-state index contributed by atoms with van der Waals surface area (Å²) in [6, 6.07) is 1.41. The molecule has 1 aromatic heterocycles. The summed E-state index contributed by atoms with van der Waals surface area (Å²) in [5.41, 5.74) is 0.173. The Morgan fingerprint density at radius 1 is 1.39 bits per heavy atom. The largest absolute Gasteiger partial charge is 0.392 e. The van der Waals surface area contributed by atoms with Gasteiger partial charge in [0.05, 0.1) is 18.1 Å². The quantitative estimate of drug-likeness (QED) is 0.842. The molecule has 0 spiro atoms. The van der Waals surface area contributed by atoms with Gasteiger partial charge in [0.25, 0.3) is 0 Å². The molecule has 5 nitrogen and oxygen atoms in total. The molecule has 18 heavy (non-hydrogen) atoms. The molecule has 0 aromatic carbocycles. The Morgan fingerprint density at radius 3 is 2.89 bits per heavy atom. The summed E-state index contributed by atoms with van der Waals surface area (Å²) in [5, 5.41) is 9.00. The van der Waals surface area contributed by atoms with E-state index in [-0.39, 0.29) is 29.4 Å². The third-order valence-electron chi connectivity index (χ3n) is 2.98. The Kier molecular flexibility index (Phi) is 3.82. The van der Waals surface area contributed by atoms with E-state index in [1.807, 2.05) is 0 Å². The molecule has 1 aromatic rings. The van der Waals surface area contributed by atoms with Crippen molar-refractivity contribution >= 4 is 15.7 Å². The van der Waals surface area contributed by atoms with Crippen LogP contribution in [0.3, 0.4) is 0 Å². The van der Waals surface area contributed by atoms with E-state index >= 15 is 0 Å². The Labute approximate surface area is 105 Å². The molecule has 0 radical (unpaired) electrons. The second-order valence-electron chi connectivity index (χ2n) is 4.26. The smallest absolute Gasteiger partial charge is 0.171 e. The monoisotopic (exact) mass is 274 g/mol. The highest BCUT2D eigenvalue weighted by Gasteiger charge is 2.22. The van der Waals surface area contributed by atoms with Crippen LogP contribution in [0.5, 0.6) is 0 Å².